The summed E-state index contributed by atoms with van der Waals surface area (Å²) in [5, 5.41) is 5.84. The molecule has 0 aliphatic carbocycles. The van der Waals surface area contributed by atoms with Crippen LogP contribution < -0.4 is 15.4 Å². The quantitative estimate of drug-likeness (QED) is 0.628. The zero-order valence-corrected chi connectivity index (χ0v) is 15.5. The summed E-state index contributed by atoms with van der Waals surface area (Å²) in [6, 6.07) is 15.7. The van der Waals surface area contributed by atoms with Crippen LogP contribution >= 0.6 is 0 Å². The van der Waals surface area contributed by atoms with Gasteiger partial charge < -0.3 is 15.4 Å². The van der Waals surface area contributed by atoms with E-state index in [1.54, 1.807) is 31.4 Å². The van der Waals surface area contributed by atoms with Crippen LogP contribution in [0.3, 0.4) is 0 Å². The summed E-state index contributed by atoms with van der Waals surface area (Å²) in [4.78, 5) is 20.4. The molecule has 0 aliphatic heterocycles. The van der Waals surface area contributed by atoms with Gasteiger partial charge in [-0.3, -0.25) is 4.79 Å². The Bertz CT molecular complexity index is 932. The highest BCUT2D eigenvalue weighted by Gasteiger charge is 2.09. The topological polar surface area (TPSA) is 76.1 Å². The monoisotopic (exact) mass is 380 g/mol. The van der Waals surface area contributed by atoms with Gasteiger partial charge in [0, 0.05) is 24.7 Å². The van der Waals surface area contributed by atoms with Gasteiger partial charge in [-0.2, -0.15) is 0 Å². The highest BCUT2D eigenvalue weighted by molar-refractivity contribution is 5.92. The van der Waals surface area contributed by atoms with Crippen LogP contribution in [0.4, 0.5) is 10.2 Å². The molecule has 144 valence electrons. The molecule has 6 nitrogen and oxygen atoms in total. The lowest BCUT2D eigenvalue weighted by molar-refractivity contribution is 0.0949. The van der Waals surface area contributed by atoms with Gasteiger partial charge in [-0.1, -0.05) is 30.3 Å². The number of anilines is 1. The molecule has 7 heteroatoms. The lowest BCUT2D eigenvalue weighted by Gasteiger charge is -2.08. The van der Waals surface area contributed by atoms with Crippen LogP contribution in [-0.2, 0) is 13.0 Å². The molecule has 1 aromatic heterocycles. The number of benzene rings is 2. The first-order valence-electron chi connectivity index (χ1n) is 8.86. The molecule has 0 spiro atoms. The first-order chi connectivity index (χ1) is 13.7. The van der Waals surface area contributed by atoms with Crippen molar-refractivity contribution in [2.45, 2.75) is 13.0 Å². The average molecular weight is 380 g/mol. The fourth-order valence-corrected chi connectivity index (χ4v) is 2.61. The van der Waals surface area contributed by atoms with Crippen LogP contribution in [0.25, 0.3) is 0 Å². The number of aromatic nitrogens is 2. The molecule has 3 rings (SSSR count). The fraction of sp³-hybridized carbons (Fsp3) is 0.190. The molecule has 0 unspecified atom stereocenters. The zero-order chi connectivity index (χ0) is 19.8. The first kappa shape index (κ1) is 19.3. The predicted octanol–water partition coefficient (Wildman–Crippen LogP) is 3.21. The number of nitrogens with zero attached hydrogens (tertiary/aromatic N) is 2. The predicted molar refractivity (Wildman–Crippen MR) is 105 cm³/mol. The van der Waals surface area contributed by atoms with Gasteiger partial charge in [-0.25, -0.2) is 14.4 Å². The van der Waals surface area contributed by atoms with Gasteiger partial charge in [0.25, 0.3) is 5.91 Å². The number of carbonyl (C=O) groups excluding carboxylic acids is 1. The zero-order valence-electron chi connectivity index (χ0n) is 15.5. The van der Waals surface area contributed by atoms with Crippen molar-refractivity contribution in [2.75, 3.05) is 19.0 Å². The smallest absolute Gasteiger partial charge is 0.270 e. The van der Waals surface area contributed by atoms with Gasteiger partial charge in [0.15, 0.2) is 0 Å². The molecule has 0 fully saturated rings. The third-order valence-corrected chi connectivity index (χ3v) is 4.18. The molecule has 0 aliphatic rings. The number of rotatable bonds is 8. The molecular formula is C21H21FN4O2. The third-order valence-electron chi connectivity index (χ3n) is 4.18. The summed E-state index contributed by atoms with van der Waals surface area (Å²) in [5.74, 6) is 0.674. The molecule has 0 saturated heterocycles. The van der Waals surface area contributed by atoms with E-state index in [0.717, 1.165) is 11.3 Å². The highest BCUT2D eigenvalue weighted by Crippen LogP contribution is 2.12. The van der Waals surface area contributed by atoms with Crippen molar-refractivity contribution in [3.63, 3.8) is 0 Å². The number of ether oxygens (including phenoxy) is 1. The van der Waals surface area contributed by atoms with Crippen molar-refractivity contribution in [3.05, 3.63) is 83.6 Å². The van der Waals surface area contributed by atoms with Crippen molar-refractivity contribution >= 4 is 11.7 Å². The Morgan fingerprint density at radius 2 is 1.89 bits per heavy atom. The number of nitrogens with one attached hydrogen (secondary N) is 2. The van der Waals surface area contributed by atoms with E-state index in [-0.39, 0.29) is 24.0 Å². The van der Waals surface area contributed by atoms with Crippen molar-refractivity contribution in [1.29, 1.82) is 0 Å². The molecule has 0 saturated carbocycles. The number of methoxy groups -OCH3 is 1. The summed E-state index contributed by atoms with van der Waals surface area (Å²) in [5.41, 5.74) is 1.86. The normalized spacial score (nSPS) is 10.4. The van der Waals surface area contributed by atoms with Gasteiger partial charge in [0.1, 0.15) is 29.4 Å². The standard InChI is InChI=1S/C21H21FN4O2/c1-28-17-8-6-15(7-9-17)10-11-23-21(27)19-12-20(26-14-25-19)24-13-16-4-2-3-5-18(16)22/h2-9,12,14H,10-11,13H2,1H3,(H,23,27)(H,24,25,26). The Kier molecular flexibility index (Phi) is 6.51. The second-order valence-electron chi connectivity index (χ2n) is 6.09. The maximum absolute atomic E-state index is 13.7. The van der Waals surface area contributed by atoms with E-state index in [0.29, 0.717) is 24.3 Å². The molecule has 0 radical (unpaired) electrons. The molecule has 2 aromatic carbocycles. The van der Waals surface area contributed by atoms with Gasteiger partial charge in [-0.15, -0.1) is 0 Å². The Morgan fingerprint density at radius 1 is 1.11 bits per heavy atom. The maximum Gasteiger partial charge on any atom is 0.270 e. The fourth-order valence-electron chi connectivity index (χ4n) is 2.61. The van der Waals surface area contributed by atoms with Crippen molar-refractivity contribution in [2.24, 2.45) is 0 Å². The van der Waals surface area contributed by atoms with E-state index >= 15 is 0 Å². The van der Waals surface area contributed by atoms with Crippen LogP contribution in [0.5, 0.6) is 5.75 Å². The Labute approximate surface area is 162 Å². The summed E-state index contributed by atoms with van der Waals surface area (Å²) >= 11 is 0. The summed E-state index contributed by atoms with van der Waals surface area (Å²) in [6.45, 7) is 0.745. The summed E-state index contributed by atoms with van der Waals surface area (Å²) < 4.78 is 18.8. The molecule has 0 atom stereocenters. The van der Waals surface area contributed by atoms with Crippen LogP contribution in [0, 0.1) is 5.82 Å². The molecule has 1 amide bonds. The number of hydrogen-bond acceptors (Lipinski definition) is 5. The molecule has 28 heavy (non-hydrogen) atoms. The number of hydrogen-bond donors (Lipinski definition) is 2. The lowest BCUT2D eigenvalue weighted by atomic mass is 10.1. The second-order valence-corrected chi connectivity index (χ2v) is 6.09. The molecule has 1 heterocycles. The first-order valence-corrected chi connectivity index (χ1v) is 8.86. The van der Waals surface area contributed by atoms with Gasteiger partial charge >= 0.3 is 0 Å². The Morgan fingerprint density at radius 3 is 2.64 bits per heavy atom. The van der Waals surface area contributed by atoms with Crippen molar-refractivity contribution in [3.8, 4) is 5.75 Å². The second kappa shape index (κ2) is 9.45. The van der Waals surface area contributed by atoms with E-state index < -0.39 is 0 Å². The third kappa shape index (κ3) is 5.26. The maximum atomic E-state index is 13.7. The van der Waals surface area contributed by atoms with E-state index in [1.807, 2.05) is 24.3 Å². The average Bonchev–Trinajstić information content (AvgIpc) is 2.74. The van der Waals surface area contributed by atoms with E-state index in [4.69, 9.17) is 4.74 Å². The number of carbonyl (C=O) groups is 1. The molecule has 3 aromatic rings. The van der Waals surface area contributed by atoms with Crippen LogP contribution in [0.1, 0.15) is 21.6 Å². The minimum absolute atomic E-state index is 0.251. The van der Waals surface area contributed by atoms with Gasteiger partial charge in [0.05, 0.1) is 7.11 Å². The molecule has 2 N–H and O–H groups in total. The minimum atomic E-state index is -0.291. The van der Waals surface area contributed by atoms with E-state index in [1.165, 1.54) is 12.4 Å². The molecule has 0 bridgehead atoms. The summed E-state index contributed by atoms with van der Waals surface area (Å²) in [7, 11) is 1.62. The van der Waals surface area contributed by atoms with Crippen molar-refractivity contribution in [1.82, 2.24) is 15.3 Å². The van der Waals surface area contributed by atoms with Crippen molar-refractivity contribution < 1.29 is 13.9 Å². The van der Waals surface area contributed by atoms with Crippen LogP contribution in [0.2, 0.25) is 0 Å². The summed E-state index contributed by atoms with van der Waals surface area (Å²) in [6.07, 6.45) is 2.00. The van der Waals surface area contributed by atoms with E-state index in [2.05, 4.69) is 20.6 Å². The minimum Gasteiger partial charge on any atom is -0.497 e. The Balaban J connectivity index is 1.52. The van der Waals surface area contributed by atoms with Crippen LogP contribution in [-0.4, -0.2) is 29.5 Å². The Hall–Kier alpha value is -3.48. The largest absolute Gasteiger partial charge is 0.497 e. The highest BCUT2D eigenvalue weighted by atomic mass is 19.1. The number of amides is 1. The molecular weight excluding hydrogens is 359 g/mol. The van der Waals surface area contributed by atoms with E-state index in [9.17, 15) is 9.18 Å². The number of halogens is 1. The van der Waals surface area contributed by atoms with Gasteiger partial charge in [0.2, 0.25) is 0 Å². The van der Waals surface area contributed by atoms with Gasteiger partial charge in [-0.05, 0) is 30.2 Å². The SMILES string of the molecule is COc1ccc(CCNC(=O)c2cc(NCc3ccccc3F)ncn2)cc1. The lowest BCUT2D eigenvalue weighted by Crippen LogP contribution is -2.26. The van der Waals surface area contributed by atoms with Crippen LogP contribution in [0.15, 0.2) is 60.9 Å².